The number of rotatable bonds is 5. The van der Waals surface area contributed by atoms with Gasteiger partial charge < -0.3 is 15.4 Å². The van der Waals surface area contributed by atoms with Crippen molar-refractivity contribution in [1.29, 1.82) is 0 Å². The van der Waals surface area contributed by atoms with E-state index in [1.807, 2.05) is 0 Å². The number of amides is 1. The van der Waals surface area contributed by atoms with Crippen molar-refractivity contribution < 1.29 is 13.9 Å². The summed E-state index contributed by atoms with van der Waals surface area (Å²) in [6.45, 7) is 0. The summed E-state index contributed by atoms with van der Waals surface area (Å²) in [7, 11) is 1.51. The normalized spacial score (nSPS) is 10.3. The maximum absolute atomic E-state index is 13.2. The summed E-state index contributed by atoms with van der Waals surface area (Å²) in [5.41, 5.74) is 1.71. The highest BCUT2D eigenvalue weighted by atomic mass is 35.5. The molecule has 0 aliphatic rings. The van der Waals surface area contributed by atoms with Gasteiger partial charge in [-0.3, -0.25) is 4.79 Å². The molecule has 0 bridgehead atoms. The monoisotopic (exact) mass is 371 g/mol. The summed E-state index contributed by atoms with van der Waals surface area (Å²) >= 11 is 5.76. The van der Waals surface area contributed by atoms with E-state index in [-0.39, 0.29) is 10.9 Å². The first kappa shape index (κ1) is 17.7. The summed E-state index contributed by atoms with van der Waals surface area (Å²) < 4.78 is 18.4. The number of nitrogens with one attached hydrogen (secondary N) is 2. The number of pyridine rings is 1. The highest BCUT2D eigenvalue weighted by molar-refractivity contribution is 6.31. The molecule has 0 radical (unpaired) electrons. The van der Waals surface area contributed by atoms with Gasteiger partial charge in [0, 0.05) is 5.69 Å². The van der Waals surface area contributed by atoms with Crippen LogP contribution in [0.25, 0.3) is 0 Å². The lowest BCUT2D eigenvalue weighted by Gasteiger charge is -2.10. The summed E-state index contributed by atoms with van der Waals surface area (Å²) in [5.74, 6) is 0.0748. The first-order chi connectivity index (χ1) is 12.6. The molecule has 5 nitrogen and oxygen atoms in total. The number of para-hydroxylation sites is 1. The molecule has 3 rings (SSSR count). The lowest BCUT2D eigenvalue weighted by Crippen LogP contribution is -2.14. The van der Waals surface area contributed by atoms with Crippen LogP contribution in [0.5, 0.6) is 5.75 Å². The fourth-order valence-corrected chi connectivity index (χ4v) is 2.48. The van der Waals surface area contributed by atoms with Crippen LogP contribution in [0.2, 0.25) is 5.02 Å². The van der Waals surface area contributed by atoms with Gasteiger partial charge in [0.1, 0.15) is 17.4 Å². The molecule has 2 N–H and O–H groups in total. The number of carbonyl (C=O) groups is 1. The SMILES string of the molecule is COc1ccccc1C(=O)Nc1ccc(Nc2ccc(F)c(Cl)c2)cn1. The van der Waals surface area contributed by atoms with E-state index in [0.29, 0.717) is 28.5 Å². The van der Waals surface area contributed by atoms with Gasteiger partial charge in [-0.2, -0.15) is 0 Å². The summed E-state index contributed by atoms with van der Waals surface area (Å²) in [5, 5.41) is 5.80. The van der Waals surface area contributed by atoms with Crippen molar-refractivity contribution in [1.82, 2.24) is 4.98 Å². The molecule has 1 amide bonds. The molecule has 0 spiro atoms. The fraction of sp³-hybridized carbons (Fsp3) is 0.0526. The minimum absolute atomic E-state index is 0.0312. The fourth-order valence-electron chi connectivity index (χ4n) is 2.30. The number of anilines is 3. The van der Waals surface area contributed by atoms with E-state index in [1.54, 1.807) is 48.7 Å². The number of nitrogens with zero attached hydrogens (tertiary/aromatic N) is 1. The van der Waals surface area contributed by atoms with Gasteiger partial charge in [0.25, 0.3) is 5.91 Å². The van der Waals surface area contributed by atoms with Gasteiger partial charge in [0.15, 0.2) is 0 Å². The van der Waals surface area contributed by atoms with Crippen molar-refractivity contribution in [2.24, 2.45) is 0 Å². The van der Waals surface area contributed by atoms with E-state index in [9.17, 15) is 9.18 Å². The van der Waals surface area contributed by atoms with E-state index >= 15 is 0 Å². The third-order valence-corrected chi connectivity index (χ3v) is 3.85. The minimum atomic E-state index is -0.482. The maximum Gasteiger partial charge on any atom is 0.260 e. The third kappa shape index (κ3) is 4.10. The van der Waals surface area contributed by atoms with Crippen molar-refractivity contribution in [3.8, 4) is 5.75 Å². The Labute approximate surface area is 154 Å². The lowest BCUT2D eigenvalue weighted by molar-refractivity contribution is 0.102. The van der Waals surface area contributed by atoms with Gasteiger partial charge in [0.05, 0.1) is 29.6 Å². The predicted molar refractivity (Wildman–Crippen MR) is 99.9 cm³/mol. The minimum Gasteiger partial charge on any atom is -0.496 e. The predicted octanol–water partition coefficient (Wildman–Crippen LogP) is 4.88. The van der Waals surface area contributed by atoms with Crippen molar-refractivity contribution in [3.63, 3.8) is 0 Å². The van der Waals surface area contributed by atoms with Crippen LogP contribution in [0.3, 0.4) is 0 Å². The maximum atomic E-state index is 13.2. The second-order valence-electron chi connectivity index (χ2n) is 5.34. The smallest absolute Gasteiger partial charge is 0.260 e. The lowest BCUT2D eigenvalue weighted by atomic mass is 10.2. The van der Waals surface area contributed by atoms with Gasteiger partial charge in [-0.15, -0.1) is 0 Å². The Morgan fingerprint density at radius 2 is 1.88 bits per heavy atom. The Hall–Kier alpha value is -3.12. The molecule has 2 aromatic carbocycles. The summed E-state index contributed by atoms with van der Waals surface area (Å²) in [6.07, 6.45) is 1.55. The molecule has 0 saturated heterocycles. The molecule has 132 valence electrons. The molecular weight excluding hydrogens is 357 g/mol. The van der Waals surface area contributed by atoms with Crippen molar-refractivity contribution in [3.05, 3.63) is 77.2 Å². The number of aromatic nitrogens is 1. The molecule has 26 heavy (non-hydrogen) atoms. The highest BCUT2D eigenvalue weighted by Crippen LogP contribution is 2.23. The van der Waals surface area contributed by atoms with Gasteiger partial charge in [0.2, 0.25) is 0 Å². The van der Waals surface area contributed by atoms with Gasteiger partial charge >= 0.3 is 0 Å². The van der Waals surface area contributed by atoms with E-state index in [2.05, 4.69) is 15.6 Å². The number of benzene rings is 2. The van der Waals surface area contributed by atoms with Gasteiger partial charge in [-0.25, -0.2) is 9.37 Å². The molecule has 0 aliphatic carbocycles. The molecule has 1 aromatic heterocycles. The van der Waals surface area contributed by atoms with Crippen LogP contribution >= 0.6 is 11.6 Å². The van der Waals surface area contributed by atoms with E-state index in [0.717, 1.165) is 0 Å². The number of ether oxygens (including phenoxy) is 1. The molecule has 0 fully saturated rings. The Balaban J connectivity index is 1.69. The quantitative estimate of drug-likeness (QED) is 0.671. The first-order valence-electron chi connectivity index (χ1n) is 7.69. The zero-order valence-corrected chi connectivity index (χ0v) is 14.5. The van der Waals surface area contributed by atoms with Gasteiger partial charge in [-0.1, -0.05) is 23.7 Å². The van der Waals surface area contributed by atoms with Crippen LogP contribution < -0.4 is 15.4 Å². The molecule has 0 atom stereocenters. The molecule has 0 aliphatic heterocycles. The van der Waals surface area contributed by atoms with E-state index in [4.69, 9.17) is 16.3 Å². The van der Waals surface area contributed by atoms with Crippen LogP contribution in [0, 0.1) is 5.82 Å². The Kier molecular flexibility index (Phi) is 5.34. The molecule has 1 heterocycles. The van der Waals surface area contributed by atoms with Crippen LogP contribution in [0.4, 0.5) is 21.6 Å². The Bertz CT molecular complexity index is 932. The number of methoxy groups -OCH3 is 1. The highest BCUT2D eigenvalue weighted by Gasteiger charge is 2.12. The number of carbonyl (C=O) groups excluding carboxylic acids is 1. The average Bonchev–Trinajstić information content (AvgIpc) is 2.66. The Morgan fingerprint density at radius 1 is 1.12 bits per heavy atom. The number of hydrogen-bond donors (Lipinski definition) is 2. The topological polar surface area (TPSA) is 63.2 Å². The summed E-state index contributed by atoms with van der Waals surface area (Å²) in [6, 6.07) is 14.6. The molecule has 0 unspecified atom stereocenters. The molecule has 7 heteroatoms. The zero-order valence-electron chi connectivity index (χ0n) is 13.8. The zero-order chi connectivity index (χ0) is 18.5. The van der Waals surface area contributed by atoms with Crippen molar-refractivity contribution in [2.75, 3.05) is 17.7 Å². The number of hydrogen-bond acceptors (Lipinski definition) is 4. The molecule has 0 saturated carbocycles. The average molecular weight is 372 g/mol. The van der Waals surface area contributed by atoms with E-state index in [1.165, 1.54) is 19.2 Å². The standard InChI is InChI=1S/C19H15ClFN3O2/c1-26-17-5-3-2-4-14(17)19(25)24-18-9-7-13(11-22-18)23-12-6-8-16(21)15(20)10-12/h2-11,23H,1H3,(H,22,24,25). The number of halogens is 2. The largest absolute Gasteiger partial charge is 0.496 e. The van der Waals surface area contributed by atoms with Crippen LogP contribution in [-0.4, -0.2) is 18.0 Å². The second-order valence-corrected chi connectivity index (χ2v) is 5.75. The second kappa shape index (κ2) is 7.84. The van der Waals surface area contributed by atoms with Gasteiger partial charge in [-0.05, 0) is 42.5 Å². The van der Waals surface area contributed by atoms with Crippen LogP contribution in [0.15, 0.2) is 60.8 Å². The van der Waals surface area contributed by atoms with E-state index < -0.39 is 5.82 Å². The van der Waals surface area contributed by atoms with Crippen LogP contribution in [0.1, 0.15) is 10.4 Å². The summed E-state index contributed by atoms with van der Waals surface area (Å²) in [4.78, 5) is 16.5. The third-order valence-electron chi connectivity index (χ3n) is 3.56. The van der Waals surface area contributed by atoms with Crippen molar-refractivity contribution >= 4 is 34.7 Å². The molecule has 3 aromatic rings. The first-order valence-corrected chi connectivity index (χ1v) is 8.07. The molecular formula is C19H15ClFN3O2. The van der Waals surface area contributed by atoms with Crippen molar-refractivity contribution in [2.45, 2.75) is 0 Å². The Morgan fingerprint density at radius 3 is 2.58 bits per heavy atom. The van der Waals surface area contributed by atoms with Crippen LogP contribution in [-0.2, 0) is 0 Å².